The van der Waals surface area contributed by atoms with Crippen LogP contribution in [0.15, 0.2) is 24.3 Å². The van der Waals surface area contributed by atoms with E-state index < -0.39 is 5.92 Å². The standard InChI is InChI=1S/C17H20N4O4S/c1-24-10-14-19-20-17(26-14)18-16(23)12-7-15(22)21(9-12)8-11-5-3-4-6-13(11)25-2/h3-6,12H,7-10H2,1-2H3,(H,18,20,23). The average Bonchev–Trinajstić information content (AvgIpc) is 3.23. The minimum Gasteiger partial charge on any atom is -0.496 e. The van der Waals surface area contributed by atoms with Crippen LogP contribution in [0.3, 0.4) is 0 Å². The van der Waals surface area contributed by atoms with E-state index in [0.717, 1.165) is 11.3 Å². The number of methoxy groups -OCH3 is 2. The van der Waals surface area contributed by atoms with Gasteiger partial charge >= 0.3 is 0 Å². The Labute approximate surface area is 155 Å². The second kappa shape index (κ2) is 8.24. The Morgan fingerprint density at radius 3 is 2.92 bits per heavy atom. The number of para-hydroxylation sites is 1. The zero-order valence-corrected chi connectivity index (χ0v) is 15.4. The number of hydrogen-bond acceptors (Lipinski definition) is 7. The highest BCUT2D eigenvalue weighted by Crippen LogP contribution is 2.26. The topological polar surface area (TPSA) is 93.7 Å². The van der Waals surface area contributed by atoms with Crippen LogP contribution < -0.4 is 10.1 Å². The fraction of sp³-hybridized carbons (Fsp3) is 0.412. The molecule has 26 heavy (non-hydrogen) atoms. The number of amides is 2. The Morgan fingerprint density at radius 1 is 1.35 bits per heavy atom. The van der Waals surface area contributed by atoms with Crippen LogP contribution in [-0.4, -0.2) is 47.7 Å². The Balaban J connectivity index is 1.60. The molecular formula is C17H20N4O4S. The van der Waals surface area contributed by atoms with Gasteiger partial charge in [-0.3, -0.25) is 9.59 Å². The fourth-order valence-corrected chi connectivity index (χ4v) is 3.55. The van der Waals surface area contributed by atoms with Crippen molar-refractivity contribution in [2.45, 2.75) is 19.6 Å². The molecule has 1 saturated heterocycles. The molecule has 138 valence electrons. The lowest BCUT2D eigenvalue weighted by molar-refractivity contribution is -0.128. The van der Waals surface area contributed by atoms with Gasteiger partial charge in [-0.15, -0.1) is 10.2 Å². The summed E-state index contributed by atoms with van der Waals surface area (Å²) in [4.78, 5) is 26.4. The van der Waals surface area contributed by atoms with Crippen LogP contribution in [0, 0.1) is 5.92 Å². The molecule has 0 spiro atoms. The summed E-state index contributed by atoms with van der Waals surface area (Å²) in [6, 6.07) is 7.55. The Bertz CT molecular complexity index is 795. The third kappa shape index (κ3) is 4.17. The molecule has 1 aliphatic rings. The number of nitrogens with one attached hydrogen (secondary N) is 1. The number of carbonyl (C=O) groups excluding carboxylic acids is 2. The highest BCUT2D eigenvalue weighted by molar-refractivity contribution is 7.15. The minimum absolute atomic E-state index is 0.0478. The molecule has 1 N–H and O–H groups in total. The van der Waals surface area contributed by atoms with Crippen LogP contribution in [0.1, 0.15) is 17.0 Å². The van der Waals surface area contributed by atoms with Crippen molar-refractivity contribution in [2.24, 2.45) is 5.92 Å². The maximum absolute atomic E-state index is 12.4. The summed E-state index contributed by atoms with van der Waals surface area (Å²) >= 11 is 1.26. The number of nitrogens with zero attached hydrogens (tertiary/aromatic N) is 3. The van der Waals surface area contributed by atoms with Crippen LogP contribution in [0.4, 0.5) is 5.13 Å². The Kier molecular flexibility index (Phi) is 5.79. The average molecular weight is 376 g/mol. The second-order valence-electron chi connectivity index (χ2n) is 5.91. The van der Waals surface area contributed by atoms with Crippen LogP contribution in [0.2, 0.25) is 0 Å². The molecule has 2 aromatic rings. The first-order valence-electron chi connectivity index (χ1n) is 8.12. The van der Waals surface area contributed by atoms with Gasteiger partial charge in [0.2, 0.25) is 16.9 Å². The van der Waals surface area contributed by atoms with E-state index in [1.54, 1.807) is 19.1 Å². The molecule has 2 amide bonds. The number of rotatable bonds is 7. The van der Waals surface area contributed by atoms with Crippen molar-refractivity contribution >= 4 is 28.3 Å². The summed E-state index contributed by atoms with van der Waals surface area (Å²) in [5.41, 5.74) is 0.915. The van der Waals surface area contributed by atoms with E-state index in [0.29, 0.717) is 29.8 Å². The van der Waals surface area contributed by atoms with E-state index in [9.17, 15) is 9.59 Å². The van der Waals surface area contributed by atoms with Crippen LogP contribution in [-0.2, 0) is 27.5 Å². The van der Waals surface area contributed by atoms with E-state index in [-0.39, 0.29) is 18.2 Å². The van der Waals surface area contributed by atoms with Gasteiger partial charge in [0.15, 0.2) is 0 Å². The number of carbonyl (C=O) groups is 2. The van der Waals surface area contributed by atoms with Gasteiger partial charge in [0, 0.05) is 32.2 Å². The van der Waals surface area contributed by atoms with E-state index >= 15 is 0 Å². The quantitative estimate of drug-likeness (QED) is 0.790. The molecule has 3 rings (SSSR count). The molecule has 0 radical (unpaired) electrons. The maximum Gasteiger partial charge on any atom is 0.231 e. The van der Waals surface area contributed by atoms with Crippen molar-refractivity contribution < 1.29 is 19.1 Å². The molecule has 8 nitrogen and oxygen atoms in total. The predicted octanol–water partition coefficient (Wildman–Crippen LogP) is 1.68. The first kappa shape index (κ1) is 18.3. The summed E-state index contributed by atoms with van der Waals surface area (Å²) in [7, 11) is 3.17. The van der Waals surface area contributed by atoms with Gasteiger partial charge in [-0.05, 0) is 6.07 Å². The maximum atomic E-state index is 12.4. The minimum atomic E-state index is -0.410. The van der Waals surface area contributed by atoms with Crippen molar-refractivity contribution in [2.75, 3.05) is 26.1 Å². The van der Waals surface area contributed by atoms with Gasteiger partial charge < -0.3 is 19.7 Å². The third-order valence-electron chi connectivity index (χ3n) is 4.10. The predicted molar refractivity (Wildman–Crippen MR) is 95.8 cm³/mol. The van der Waals surface area contributed by atoms with Gasteiger partial charge in [-0.1, -0.05) is 29.5 Å². The number of benzene rings is 1. The van der Waals surface area contributed by atoms with Crippen LogP contribution in [0.25, 0.3) is 0 Å². The zero-order valence-electron chi connectivity index (χ0n) is 14.6. The summed E-state index contributed by atoms with van der Waals surface area (Å²) in [5, 5.41) is 11.7. The van der Waals surface area contributed by atoms with Gasteiger partial charge in [-0.25, -0.2) is 0 Å². The van der Waals surface area contributed by atoms with E-state index in [1.165, 1.54) is 11.3 Å². The lowest BCUT2D eigenvalue weighted by atomic mass is 10.1. The monoisotopic (exact) mass is 376 g/mol. The van der Waals surface area contributed by atoms with Gasteiger partial charge in [0.1, 0.15) is 17.4 Å². The lowest BCUT2D eigenvalue weighted by Crippen LogP contribution is -2.28. The Morgan fingerprint density at radius 2 is 2.15 bits per heavy atom. The SMILES string of the molecule is COCc1nnc(NC(=O)C2CC(=O)N(Cc3ccccc3OC)C2)s1. The molecule has 0 aliphatic carbocycles. The largest absolute Gasteiger partial charge is 0.496 e. The molecule has 9 heteroatoms. The molecular weight excluding hydrogens is 356 g/mol. The summed E-state index contributed by atoms with van der Waals surface area (Å²) in [5.74, 6) is 0.0501. The van der Waals surface area contributed by atoms with Crippen molar-refractivity contribution in [3.8, 4) is 5.75 Å². The van der Waals surface area contributed by atoms with E-state index in [2.05, 4.69) is 15.5 Å². The van der Waals surface area contributed by atoms with Gasteiger partial charge in [-0.2, -0.15) is 0 Å². The smallest absolute Gasteiger partial charge is 0.231 e. The number of anilines is 1. The summed E-state index contributed by atoms with van der Waals surface area (Å²) in [6.07, 6.45) is 0.185. The molecule has 1 unspecified atom stereocenters. The van der Waals surface area contributed by atoms with Gasteiger partial charge in [0.25, 0.3) is 0 Å². The van der Waals surface area contributed by atoms with Crippen molar-refractivity contribution in [3.05, 3.63) is 34.8 Å². The normalized spacial score (nSPS) is 16.8. The Hall–Kier alpha value is -2.52. The molecule has 1 aromatic heterocycles. The second-order valence-corrected chi connectivity index (χ2v) is 6.97. The highest BCUT2D eigenvalue weighted by Gasteiger charge is 2.35. The lowest BCUT2D eigenvalue weighted by Gasteiger charge is -2.18. The number of ether oxygens (including phenoxy) is 2. The molecule has 1 atom stereocenters. The van der Waals surface area contributed by atoms with Crippen LogP contribution >= 0.6 is 11.3 Å². The fourth-order valence-electron chi connectivity index (χ4n) is 2.83. The number of hydrogen-bond donors (Lipinski definition) is 1. The van der Waals surface area contributed by atoms with Gasteiger partial charge in [0.05, 0.1) is 13.0 Å². The van der Waals surface area contributed by atoms with E-state index in [4.69, 9.17) is 9.47 Å². The van der Waals surface area contributed by atoms with E-state index in [1.807, 2.05) is 24.3 Å². The third-order valence-corrected chi connectivity index (χ3v) is 4.92. The van der Waals surface area contributed by atoms with Crippen molar-refractivity contribution in [1.29, 1.82) is 0 Å². The zero-order chi connectivity index (χ0) is 18.5. The van der Waals surface area contributed by atoms with Crippen LogP contribution in [0.5, 0.6) is 5.75 Å². The molecule has 1 aliphatic heterocycles. The summed E-state index contributed by atoms with van der Waals surface area (Å²) in [6.45, 7) is 1.14. The molecule has 2 heterocycles. The van der Waals surface area contributed by atoms with Crippen molar-refractivity contribution in [1.82, 2.24) is 15.1 Å². The molecule has 1 aromatic carbocycles. The number of aromatic nitrogens is 2. The summed E-state index contributed by atoms with van der Waals surface area (Å²) < 4.78 is 10.3. The van der Waals surface area contributed by atoms with Crippen molar-refractivity contribution in [3.63, 3.8) is 0 Å². The first-order chi connectivity index (χ1) is 12.6. The molecule has 1 fully saturated rings. The highest BCUT2D eigenvalue weighted by atomic mass is 32.1. The molecule has 0 bridgehead atoms. The number of likely N-dealkylation sites (tertiary alicyclic amines) is 1. The first-order valence-corrected chi connectivity index (χ1v) is 8.94. The molecule has 0 saturated carbocycles.